The van der Waals surface area contributed by atoms with Gasteiger partial charge in [0.15, 0.2) is 0 Å². The Balaban J connectivity index is 4.51. The quantitative estimate of drug-likeness (QED) is 0.460. The van der Waals surface area contributed by atoms with Crippen LogP contribution >= 0.6 is 0 Å². The van der Waals surface area contributed by atoms with Crippen molar-refractivity contribution in [2.24, 2.45) is 5.92 Å². The van der Waals surface area contributed by atoms with Crippen LogP contribution in [0.25, 0.3) is 0 Å². The minimum absolute atomic E-state index is 0.754. The third-order valence-corrected chi connectivity index (χ3v) is 1.54. The highest BCUT2D eigenvalue weighted by atomic mass is 19.4. The normalized spacial score (nSPS) is 15.8. The standard InChI is InChI=1S/C10H11F3/c1-4-8(3)6-7-9(5-2)10(11,12)13/h2,4,6-7,9H,1,3H3/b7-6-,8-4-. The maximum atomic E-state index is 12.1. The second-order valence-corrected chi connectivity index (χ2v) is 2.58. The molecular weight excluding hydrogens is 177 g/mol. The fourth-order valence-corrected chi connectivity index (χ4v) is 0.603. The predicted octanol–water partition coefficient (Wildman–Crippen LogP) is 3.32. The average molecular weight is 188 g/mol. The van der Waals surface area contributed by atoms with E-state index in [1.54, 1.807) is 25.8 Å². The van der Waals surface area contributed by atoms with E-state index in [4.69, 9.17) is 6.42 Å². The highest BCUT2D eigenvalue weighted by Gasteiger charge is 2.36. The lowest BCUT2D eigenvalue weighted by atomic mass is 10.1. The number of allylic oxidation sites excluding steroid dienone is 4. The van der Waals surface area contributed by atoms with Gasteiger partial charge in [-0.05, 0) is 13.8 Å². The largest absolute Gasteiger partial charge is 0.405 e. The molecule has 0 heterocycles. The summed E-state index contributed by atoms with van der Waals surface area (Å²) in [6.45, 7) is 3.46. The molecule has 13 heavy (non-hydrogen) atoms. The molecule has 0 nitrogen and oxygen atoms in total. The highest BCUT2D eigenvalue weighted by Crippen LogP contribution is 2.26. The zero-order chi connectivity index (χ0) is 10.5. The van der Waals surface area contributed by atoms with E-state index in [-0.39, 0.29) is 0 Å². The number of rotatable bonds is 2. The lowest BCUT2D eigenvalue weighted by Gasteiger charge is -2.09. The molecule has 0 aromatic rings. The molecule has 0 spiro atoms. The lowest BCUT2D eigenvalue weighted by molar-refractivity contribution is -0.146. The summed E-state index contributed by atoms with van der Waals surface area (Å²) in [6.07, 6.45) is 4.46. The van der Waals surface area contributed by atoms with E-state index in [0.29, 0.717) is 0 Å². The van der Waals surface area contributed by atoms with Crippen LogP contribution in [-0.4, -0.2) is 6.18 Å². The van der Waals surface area contributed by atoms with Crippen molar-refractivity contribution in [2.75, 3.05) is 0 Å². The number of terminal acetylenes is 1. The first-order valence-electron chi connectivity index (χ1n) is 3.75. The molecule has 1 atom stereocenters. The van der Waals surface area contributed by atoms with E-state index in [1.807, 2.05) is 0 Å². The molecule has 0 amide bonds. The Kier molecular flexibility index (Phi) is 4.33. The van der Waals surface area contributed by atoms with Gasteiger partial charge in [-0.25, -0.2) is 0 Å². The minimum atomic E-state index is -4.35. The van der Waals surface area contributed by atoms with E-state index in [0.717, 1.165) is 11.6 Å². The summed E-state index contributed by atoms with van der Waals surface area (Å²) in [5.41, 5.74) is 0.754. The van der Waals surface area contributed by atoms with Crippen LogP contribution in [0.3, 0.4) is 0 Å². The third kappa shape index (κ3) is 4.41. The summed E-state index contributed by atoms with van der Waals surface area (Å²) in [7, 11) is 0. The zero-order valence-electron chi connectivity index (χ0n) is 7.52. The topological polar surface area (TPSA) is 0 Å². The van der Waals surface area contributed by atoms with Gasteiger partial charge in [-0.3, -0.25) is 0 Å². The first-order chi connectivity index (χ1) is 5.91. The van der Waals surface area contributed by atoms with E-state index in [2.05, 4.69) is 0 Å². The molecule has 1 unspecified atom stereocenters. The number of alkyl halides is 3. The maximum absolute atomic E-state index is 12.1. The molecule has 0 aliphatic rings. The Morgan fingerprint density at radius 1 is 1.46 bits per heavy atom. The third-order valence-electron chi connectivity index (χ3n) is 1.54. The van der Waals surface area contributed by atoms with Gasteiger partial charge in [0.25, 0.3) is 0 Å². The molecular formula is C10H11F3. The van der Waals surface area contributed by atoms with Crippen LogP contribution in [0.2, 0.25) is 0 Å². The minimum Gasteiger partial charge on any atom is -0.169 e. The van der Waals surface area contributed by atoms with Crippen molar-refractivity contribution >= 4 is 0 Å². The summed E-state index contributed by atoms with van der Waals surface area (Å²) in [6, 6.07) is 0. The predicted molar refractivity (Wildman–Crippen MR) is 46.9 cm³/mol. The van der Waals surface area contributed by atoms with Crippen LogP contribution in [0.5, 0.6) is 0 Å². The first kappa shape index (κ1) is 11.8. The summed E-state index contributed by atoms with van der Waals surface area (Å²) >= 11 is 0. The van der Waals surface area contributed by atoms with E-state index < -0.39 is 12.1 Å². The molecule has 0 N–H and O–H groups in total. The molecule has 0 rings (SSSR count). The Morgan fingerprint density at radius 3 is 2.31 bits per heavy atom. The Hall–Kier alpha value is -1.17. The Labute approximate surface area is 76.1 Å². The zero-order valence-corrected chi connectivity index (χ0v) is 7.52. The van der Waals surface area contributed by atoms with Crippen molar-refractivity contribution in [3.8, 4) is 12.3 Å². The maximum Gasteiger partial charge on any atom is 0.405 e. The summed E-state index contributed by atoms with van der Waals surface area (Å²) in [5, 5.41) is 0. The smallest absolute Gasteiger partial charge is 0.169 e. The van der Waals surface area contributed by atoms with E-state index in [9.17, 15) is 13.2 Å². The number of halogens is 3. The molecule has 0 bridgehead atoms. The molecule has 0 aromatic carbocycles. The fraction of sp³-hybridized carbons (Fsp3) is 0.400. The van der Waals surface area contributed by atoms with Crippen LogP contribution in [0.1, 0.15) is 13.8 Å². The van der Waals surface area contributed by atoms with Crippen LogP contribution < -0.4 is 0 Å². The van der Waals surface area contributed by atoms with Gasteiger partial charge in [0.1, 0.15) is 5.92 Å². The molecule has 72 valence electrons. The van der Waals surface area contributed by atoms with Gasteiger partial charge in [-0.2, -0.15) is 13.2 Å². The summed E-state index contributed by atoms with van der Waals surface area (Å²) in [5.74, 6) is -0.107. The van der Waals surface area contributed by atoms with Crippen molar-refractivity contribution in [3.63, 3.8) is 0 Å². The molecule has 0 aliphatic carbocycles. The van der Waals surface area contributed by atoms with Gasteiger partial charge >= 0.3 is 6.18 Å². The van der Waals surface area contributed by atoms with Gasteiger partial charge in [0, 0.05) is 0 Å². The van der Waals surface area contributed by atoms with Crippen LogP contribution in [-0.2, 0) is 0 Å². The SMILES string of the molecule is C#CC(/C=C\C(C)=C/C)C(F)(F)F. The molecule has 0 aliphatic heterocycles. The van der Waals surface area contributed by atoms with Crippen molar-refractivity contribution in [1.82, 2.24) is 0 Å². The van der Waals surface area contributed by atoms with Gasteiger partial charge in [-0.15, -0.1) is 6.42 Å². The second-order valence-electron chi connectivity index (χ2n) is 2.58. The molecule has 0 aromatic heterocycles. The van der Waals surface area contributed by atoms with Gasteiger partial charge < -0.3 is 0 Å². The summed E-state index contributed by atoms with van der Waals surface area (Å²) < 4.78 is 36.2. The number of hydrogen-bond acceptors (Lipinski definition) is 0. The Morgan fingerprint density at radius 2 is 2.00 bits per heavy atom. The molecule has 3 heteroatoms. The van der Waals surface area contributed by atoms with Crippen LogP contribution in [0, 0.1) is 18.3 Å². The molecule has 0 radical (unpaired) electrons. The fourth-order valence-electron chi connectivity index (χ4n) is 0.603. The van der Waals surface area contributed by atoms with Crippen molar-refractivity contribution in [1.29, 1.82) is 0 Å². The highest BCUT2D eigenvalue weighted by molar-refractivity contribution is 5.19. The first-order valence-corrected chi connectivity index (χ1v) is 3.75. The van der Waals surface area contributed by atoms with Crippen LogP contribution in [0.15, 0.2) is 23.8 Å². The van der Waals surface area contributed by atoms with Gasteiger partial charge in [0.05, 0.1) is 0 Å². The van der Waals surface area contributed by atoms with Crippen molar-refractivity contribution in [2.45, 2.75) is 20.0 Å². The molecule has 0 saturated heterocycles. The average Bonchev–Trinajstić information content (AvgIpc) is 2.02. The Bertz CT molecular complexity index is 250. The molecule has 0 fully saturated rings. The number of hydrogen-bond donors (Lipinski definition) is 0. The monoisotopic (exact) mass is 188 g/mol. The van der Waals surface area contributed by atoms with Crippen molar-refractivity contribution in [3.05, 3.63) is 23.8 Å². The van der Waals surface area contributed by atoms with Crippen LogP contribution in [0.4, 0.5) is 13.2 Å². The molecule has 0 saturated carbocycles. The van der Waals surface area contributed by atoms with Crippen molar-refractivity contribution < 1.29 is 13.2 Å². The van der Waals surface area contributed by atoms with E-state index in [1.165, 1.54) is 6.08 Å². The van der Waals surface area contributed by atoms with E-state index >= 15 is 0 Å². The van der Waals surface area contributed by atoms with Gasteiger partial charge in [0.2, 0.25) is 0 Å². The van der Waals surface area contributed by atoms with Gasteiger partial charge in [-0.1, -0.05) is 29.7 Å². The lowest BCUT2D eigenvalue weighted by Crippen LogP contribution is -2.18. The second kappa shape index (κ2) is 4.76. The summed E-state index contributed by atoms with van der Waals surface area (Å²) in [4.78, 5) is 0.